The van der Waals surface area contributed by atoms with Gasteiger partial charge in [0.2, 0.25) is 0 Å². The van der Waals surface area contributed by atoms with E-state index < -0.39 is 0 Å². The van der Waals surface area contributed by atoms with Gasteiger partial charge in [-0.05, 0) is 49.1 Å². The van der Waals surface area contributed by atoms with Crippen LogP contribution in [0.5, 0.6) is 0 Å². The van der Waals surface area contributed by atoms with E-state index in [9.17, 15) is 4.39 Å². The molecule has 0 fully saturated rings. The van der Waals surface area contributed by atoms with Crippen molar-refractivity contribution < 1.29 is 9.13 Å². The summed E-state index contributed by atoms with van der Waals surface area (Å²) >= 11 is 0. The third-order valence-corrected chi connectivity index (χ3v) is 3.54. The molecular formula is C16H26FNO. The SMILES string of the molecule is CCNC(Cc1ccc(F)cc1C)C(OC)C(C)C. The van der Waals surface area contributed by atoms with Crippen LogP contribution in [-0.4, -0.2) is 25.8 Å². The van der Waals surface area contributed by atoms with Crippen molar-refractivity contribution in [1.29, 1.82) is 0 Å². The predicted octanol–water partition coefficient (Wildman–Crippen LogP) is 3.33. The van der Waals surface area contributed by atoms with Gasteiger partial charge in [-0.3, -0.25) is 0 Å². The van der Waals surface area contributed by atoms with Crippen molar-refractivity contribution in [2.45, 2.75) is 46.3 Å². The molecule has 0 aliphatic rings. The van der Waals surface area contributed by atoms with E-state index in [1.165, 1.54) is 11.6 Å². The molecule has 0 heterocycles. The first-order chi connectivity index (χ1) is 8.99. The average Bonchev–Trinajstić information content (AvgIpc) is 2.33. The number of nitrogens with one attached hydrogen (secondary N) is 1. The average molecular weight is 267 g/mol. The maximum Gasteiger partial charge on any atom is 0.123 e. The van der Waals surface area contributed by atoms with Crippen LogP contribution in [0.4, 0.5) is 4.39 Å². The first-order valence-corrected chi connectivity index (χ1v) is 7.00. The summed E-state index contributed by atoms with van der Waals surface area (Å²) in [4.78, 5) is 0. The highest BCUT2D eigenvalue weighted by molar-refractivity contribution is 5.27. The Hall–Kier alpha value is -0.930. The molecule has 0 aromatic heterocycles. The standard InChI is InChI=1S/C16H26FNO/c1-6-18-15(16(19-5)11(2)3)10-13-7-8-14(17)9-12(13)4/h7-9,11,15-16,18H,6,10H2,1-5H3. The highest BCUT2D eigenvalue weighted by atomic mass is 19.1. The minimum absolute atomic E-state index is 0.157. The van der Waals surface area contributed by atoms with Crippen LogP contribution >= 0.6 is 0 Å². The van der Waals surface area contributed by atoms with Gasteiger partial charge in [0.05, 0.1) is 6.10 Å². The van der Waals surface area contributed by atoms with Gasteiger partial charge in [0.1, 0.15) is 5.82 Å². The van der Waals surface area contributed by atoms with Crippen molar-refractivity contribution >= 4 is 0 Å². The van der Waals surface area contributed by atoms with Crippen LogP contribution in [0.2, 0.25) is 0 Å². The van der Waals surface area contributed by atoms with Crippen LogP contribution < -0.4 is 5.32 Å². The van der Waals surface area contributed by atoms with Crippen LogP contribution in [0.15, 0.2) is 18.2 Å². The van der Waals surface area contributed by atoms with E-state index in [2.05, 4.69) is 26.1 Å². The Labute approximate surface area is 116 Å². The summed E-state index contributed by atoms with van der Waals surface area (Å²) in [7, 11) is 1.76. The molecule has 0 aliphatic carbocycles. The van der Waals surface area contributed by atoms with E-state index >= 15 is 0 Å². The molecule has 1 N–H and O–H groups in total. The highest BCUT2D eigenvalue weighted by Gasteiger charge is 2.24. The second-order valence-corrected chi connectivity index (χ2v) is 5.38. The first kappa shape index (κ1) is 16.1. The molecule has 0 radical (unpaired) electrons. The third-order valence-electron chi connectivity index (χ3n) is 3.54. The lowest BCUT2D eigenvalue weighted by atomic mass is 9.92. The molecule has 3 heteroatoms. The van der Waals surface area contributed by atoms with Crippen molar-refractivity contribution in [3.8, 4) is 0 Å². The zero-order valence-corrected chi connectivity index (χ0v) is 12.7. The minimum Gasteiger partial charge on any atom is -0.380 e. The van der Waals surface area contributed by atoms with Crippen molar-refractivity contribution in [3.05, 3.63) is 35.1 Å². The fourth-order valence-electron chi connectivity index (χ4n) is 2.59. The first-order valence-electron chi connectivity index (χ1n) is 7.00. The fraction of sp³-hybridized carbons (Fsp3) is 0.625. The van der Waals surface area contributed by atoms with Crippen LogP contribution in [0.1, 0.15) is 31.9 Å². The van der Waals surface area contributed by atoms with Gasteiger partial charge in [0.25, 0.3) is 0 Å². The molecule has 0 bridgehead atoms. The number of hydrogen-bond donors (Lipinski definition) is 1. The van der Waals surface area contributed by atoms with E-state index in [-0.39, 0.29) is 18.0 Å². The van der Waals surface area contributed by atoms with E-state index in [1.54, 1.807) is 13.2 Å². The van der Waals surface area contributed by atoms with Gasteiger partial charge in [-0.15, -0.1) is 0 Å². The van der Waals surface area contributed by atoms with Crippen LogP contribution in [-0.2, 0) is 11.2 Å². The lowest BCUT2D eigenvalue weighted by Gasteiger charge is -2.30. The monoisotopic (exact) mass is 267 g/mol. The lowest BCUT2D eigenvalue weighted by Crippen LogP contribution is -2.45. The maximum absolute atomic E-state index is 13.1. The second-order valence-electron chi connectivity index (χ2n) is 5.38. The zero-order chi connectivity index (χ0) is 14.4. The van der Waals surface area contributed by atoms with Gasteiger partial charge in [0.15, 0.2) is 0 Å². The van der Waals surface area contributed by atoms with Gasteiger partial charge in [0, 0.05) is 13.2 Å². The number of hydrogen-bond acceptors (Lipinski definition) is 2. The number of ether oxygens (including phenoxy) is 1. The fourth-order valence-corrected chi connectivity index (χ4v) is 2.59. The van der Waals surface area contributed by atoms with E-state index in [0.29, 0.717) is 5.92 Å². The molecule has 2 unspecified atom stereocenters. The molecule has 1 rings (SSSR count). The van der Waals surface area contributed by atoms with Crippen molar-refractivity contribution in [1.82, 2.24) is 5.32 Å². The summed E-state index contributed by atoms with van der Waals surface area (Å²) < 4.78 is 18.8. The molecule has 2 nitrogen and oxygen atoms in total. The summed E-state index contributed by atoms with van der Waals surface area (Å²) in [6.45, 7) is 9.28. The number of benzene rings is 1. The van der Waals surface area contributed by atoms with Crippen LogP contribution in [0, 0.1) is 18.7 Å². The van der Waals surface area contributed by atoms with Gasteiger partial charge in [-0.25, -0.2) is 4.39 Å². The zero-order valence-electron chi connectivity index (χ0n) is 12.7. The van der Waals surface area contributed by atoms with Gasteiger partial charge >= 0.3 is 0 Å². The summed E-state index contributed by atoms with van der Waals surface area (Å²) in [6.07, 6.45) is 1.01. The minimum atomic E-state index is -0.173. The third kappa shape index (κ3) is 4.59. The van der Waals surface area contributed by atoms with Gasteiger partial charge < -0.3 is 10.1 Å². The molecule has 0 amide bonds. The number of rotatable bonds is 7. The molecule has 0 saturated carbocycles. The van der Waals surface area contributed by atoms with Crippen LogP contribution in [0.3, 0.4) is 0 Å². The quantitative estimate of drug-likeness (QED) is 0.818. The molecule has 108 valence electrons. The Morgan fingerprint density at radius 2 is 2.00 bits per heavy atom. The van der Waals surface area contributed by atoms with E-state index in [1.807, 2.05) is 13.0 Å². The summed E-state index contributed by atoms with van der Waals surface area (Å²) in [5.41, 5.74) is 2.18. The van der Waals surface area contributed by atoms with Gasteiger partial charge in [-0.2, -0.15) is 0 Å². The predicted molar refractivity (Wildman–Crippen MR) is 77.9 cm³/mol. The molecular weight excluding hydrogens is 241 g/mol. The van der Waals surface area contributed by atoms with Crippen LogP contribution in [0.25, 0.3) is 0 Å². The highest BCUT2D eigenvalue weighted by Crippen LogP contribution is 2.18. The Kier molecular flexibility index (Phi) is 6.46. The number of likely N-dealkylation sites (N-methyl/N-ethyl adjacent to an activating group) is 1. The topological polar surface area (TPSA) is 21.3 Å². The number of aryl methyl sites for hydroxylation is 1. The molecule has 1 aromatic rings. The Morgan fingerprint density at radius 1 is 1.32 bits per heavy atom. The summed E-state index contributed by atoms with van der Waals surface area (Å²) in [5.74, 6) is 0.267. The Balaban J connectivity index is 2.88. The second kappa shape index (κ2) is 7.61. The lowest BCUT2D eigenvalue weighted by molar-refractivity contribution is 0.0336. The smallest absolute Gasteiger partial charge is 0.123 e. The number of halogens is 1. The summed E-state index contributed by atoms with van der Waals surface area (Å²) in [5, 5.41) is 3.49. The molecule has 0 aliphatic heterocycles. The maximum atomic E-state index is 13.1. The van der Waals surface area contributed by atoms with E-state index in [4.69, 9.17) is 4.74 Å². The Bertz CT molecular complexity index is 392. The van der Waals surface area contributed by atoms with Gasteiger partial charge in [-0.1, -0.05) is 26.8 Å². The van der Waals surface area contributed by atoms with Crippen molar-refractivity contribution in [3.63, 3.8) is 0 Å². The Morgan fingerprint density at radius 3 is 2.47 bits per heavy atom. The molecule has 19 heavy (non-hydrogen) atoms. The normalized spacial score (nSPS) is 14.7. The van der Waals surface area contributed by atoms with Crippen molar-refractivity contribution in [2.24, 2.45) is 5.92 Å². The summed E-state index contributed by atoms with van der Waals surface area (Å²) in [6, 6.07) is 5.25. The molecule has 0 spiro atoms. The number of methoxy groups -OCH3 is 1. The molecule has 1 aromatic carbocycles. The molecule has 2 atom stereocenters. The van der Waals surface area contributed by atoms with E-state index in [0.717, 1.165) is 18.5 Å². The van der Waals surface area contributed by atoms with Crippen molar-refractivity contribution in [2.75, 3.05) is 13.7 Å². The largest absolute Gasteiger partial charge is 0.380 e. The molecule has 0 saturated heterocycles.